The third-order valence-corrected chi connectivity index (χ3v) is 3.27. The Labute approximate surface area is 130 Å². The first-order valence-corrected chi connectivity index (χ1v) is 6.44. The van der Waals surface area contributed by atoms with Crippen LogP contribution >= 0.6 is 23.8 Å². The zero-order valence-corrected chi connectivity index (χ0v) is 12.8. The summed E-state index contributed by atoms with van der Waals surface area (Å²) in [5, 5.41) is 21.7. The van der Waals surface area contributed by atoms with Gasteiger partial charge in [-0.25, -0.2) is 0 Å². The molecule has 21 heavy (non-hydrogen) atoms. The van der Waals surface area contributed by atoms with Crippen LogP contribution in [-0.4, -0.2) is 40.6 Å². The molecular formula is C11H12ClN3O5S. The number of benzene rings is 1. The molecule has 1 atom stereocenters. The first-order chi connectivity index (χ1) is 9.72. The lowest BCUT2D eigenvalue weighted by Crippen LogP contribution is -2.27. The van der Waals surface area contributed by atoms with E-state index in [-0.39, 0.29) is 21.4 Å². The highest BCUT2D eigenvalue weighted by atomic mass is 35.5. The van der Waals surface area contributed by atoms with Crippen molar-refractivity contribution in [1.29, 1.82) is 0 Å². The molecule has 0 saturated heterocycles. The highest BCUT2D eigenvalue weighted by Gasteiger charge is 2.26. The quantitative estimate of drug-likeness (QED) is 0.463. The second kappa shape index (κ2) is 7.14. The van der Waals surface area contributed by atoms with Gasteiger partial charge in [0.2, 0.25) is 6.54 Å². The Balaban J connectivity index is 3.18. The van der Waals surface area contributed by atoms with Crippen molar-refractivity contribution in [3.05, 3.63) is 49.0 Å². The lowest BCUT2D eigenvalue weighted by atomic mass is 10.1. The van der Waals surface area contributed by atoms with Gasteiger partial charge in [-0.15, -0.1) is 0 Å². The van der Waals surface area contributed by atoms with E-state index in [1.165, 1.54) is 17.0 Å². The fraction of sp³-hybridized carbons (Fsp3) is 0.364. The molecule has 0 aliphatic rings. The van der Waals surface area contributed by atoms with E-state index in [9.17, 15) is 20.2 Å². The van der Waals surface area contributed by atoms with Crippen LogP contribution in [0.15, 0.2) is 18.2 Å². The van der Waals surface area contributed by atoms with Gasteiger partial charge in [-0.3, -0.25) is 20.2 Å². The van der Waals surface area contributed by atoms with Crippen LogP contribution in [0.2, 0.25) is 5.02 Å². The first kappa shape index (κ1) is 17.1. The predicted octanol–water partition coefficient (Wildman–Crippen LogP) is 2.43. The molecule has 8 nitrogen and oxygen atoms in total. The summed E-state index contributed by atoms with van der Waals surface area (Å²) in [6.45, 7) is -0.616. The molecule has 1 aromatic rings. The number of nitro groups is 2. The molecule has 0 radical (unpaired) electrons. The number of non-ortho nitro benzene ring substituents is 1. The molecule has 1 rings (SSSR count). The van der Waals surface area contributed by atoms with Crippen molar-refractivity contribution in [2.75, 3.05) is 20.6 Å². The van der Waals surface area contributed by atoms with Crippen molar-refractivity contribution in [2.45, 2.75) is 6.10 Å². The topological polar surface area (TPSA) is 98.8 Å². The summed E-state index contributed by atoms with van der Waals surface area (Å²) in [7, 11) is 3.22. The maximum absolute atomic E-state index is 10.8. The van der Waals surface area contributed by atoms with Crippen LogP contribution in [-0.2, 0) is 4.74 Å². The molecule has 0 aliphatic carbocycles. The highest BCUT2D eigenvalue weighted by Crippen LogP contribution is 2.30. The van der Waals surface area contributed by atoms with Crippen molar-refractivity contribution in [3.8, 4) is 0 Å². The molecule has 0 bridgehead atoms. The molecule has 0 spiro atoms. The minimum atomic E-state index is -1.11. The lowest BCUT2D eigenvalue weighted by molar-refractivity contribution is -0.490. The molecule has 0 saturated carbocycles. The molecule has 114 valence electrons. The van der Waals surface area contributed by atoms with Crippen molar-refractivity contribution in [3.63, 3.8) is 0 Å². The largest absolute Gasteiger partial charge is 0.456 e. The molecular weight excluding hydrogens is 322 g/mol. The lowest BCUT2D eigenvalue weighted by Gasteiger charge is -2.21. The third kappa shape index (κ3) is 4.80. The first-order valence-electron chi connectivity index (χ1n) is 5.66. The van der Waals surface area contributed by atoms with Crippen LogP contribution in [0.4, 0.5) is 5.69 Å². The van der Waals surface area contributed by atoms with Crippen molar-refractivity contribution in [1.82, 2.24) is 4.90 Å². The number of hydrogen-bond donors (Lipinski definition) is 0. The molecule has 0 aromatic heterocycles. The van der Waals surface area contributed by atoms with Crippen LogP contribution in [0.1, 0.15) is 11.7 Å². The maximum atomic E-state index is 10.8. The average molecular weight is 334 g/mol. The maximum Gasteiger partial charge on any atom is 0.269 e. The van der Waals surface area contributed by atoms with E-state index in [1.54, 1.807) is 14.1 Å². The van der Waals surface area contributed by atoms with E-state index >= 15 is 0 Å². The van der Waals surface area contributed by atoms with Crippen LogP contribution in [0.5, 0.6) is 0 Å². The van der Waals surface area contributed by atoms with Gasteiger partial charge in [0.15, 0.2) is 6.10 Å². The van der Waals surface area contributed by atoms with Crippen molar-refractivity contribution in [2.24, 2.45) is 0 Å². The number of nitro benzene ring substituents is 1. The summed E-state index contributed by atoms with van der Waals surface area (Å²) in [4.78, 5) is 21.8. The Morgan fingerprint density at radius 1 is 1.43 bits per heavy atom. The molecule has 0 amide bonds. The Morgan fingerprint density at radius 3 is 2.52 bits per heavy atom. The van der Waals surface area contributed by atoms with E-state index in [1.807, 2.05) is 0 Å². The normalized spacial score (nSPS) is 11.6. The second-order valence-corrected chi connectivity index (χ2v) is 5.00. The van der Waals surface area contributed by atoms with Crippen molar-refractivity contribution < 1.29 is 14.6 Å². The minimum absolute atomic E-state index is 0.0180. The van der Waals surface area contributed by atoms with E-state index in [0.29, 0.717) is 0 Å². The Morgan fingerprint density at radius 2 is 2.05 bits per heavy atom. The smallest absolute Gasteiger partial charge is 0.269 e. The highest BCUT2D eigenvalue weighted by molar-refractivity contribution is 7.80. The van der Waals surface area contributed by atoms with Gasteiger partial charge in [-0.05, 0) is 18.3 Å². The number of halogens is 1. The van der Waals surface area contributed by atoms with Crippen LogP contribution in [0, 0.1) is 20.2 Å². The number of thiocarbonyl (C=S) groups is 1. The van der Waals surface area contributed by atoms with Crippen LogP contribution in [0.25, 0.3) is 0 Å². The Kier molecular flexibility index (Phi) is 5.79. The van der Waals surface area contributed by atoms with E-state index < -0.39 is 22.5 Å². The van der Waals surface area contributed by atoms with E-state index in [4.69, 9.17) is 28.6 Å². The second-order valence-electron chi connectivity index (χ2n) is 4.25. The van der Waals surface area contributed by atoms with Gasteiger partial charge in [0.1, 0.15) is 0 Å². The predicted molar refractivity (Wildman–Crippen MR) is 80.1 cm³/mol. The van der Waals surface area contributed by atoms with Gasteiger partial charge in [0.25, 0.3) is 10.9 Å². The van der Waals surface area contributed by atoms with Gasteiger partial charge in [0, 0.05) is 41.7 Å². The summed E-state index contributed by atoms with van der Waals surface area (Å²) in [5.74, 6) is 0. The Hall–Kier alpha value is -2.00. The van der Waals surface area contributed by atoms with Crippen LogP contribution < -0.4 is 0 Å². The fourth-order valence-corrected chi connectivity index (χ4v) is 1.81. The zero-order chi connectivity index (χ0) is 16.2. The summed E-state index contributed by atoms with van der Waals surface area (Å²) in [5.41, 5.74) is -0.0890. The zero-order valence-electron chi connectivity index (χ0n) is 11.2. The molecule has 1 aromatic carbocycles. The van der Waals surface area contributed by atoms with Gasteiger partial charge in [-0.1, -0.05) is 11.6 Å². The number of hydrogen-bond acceptors (Lipinski definition) is 6. The summed E-state index contributed by atoms with van der Waals surface area (Å²) >= 11 is 10.9. The standard InChI is InChI=1S/C11H12ClN3O5S/c1-13(2)11(21)20-10(6-14(16)17)8-5-7(15(18)19)3-4-9(8)12/h3-5,10H,6H2,1-2H3. The molecule has 1 unspecified atom stereocenters. The van der Waals surface area contributed by atoms with Gasteiger partial charge in [-0.2, -0.15) is 0 Å². The molecule has 0 fully saturated rings. The van der Waals surface area contributed by atoms with Crippen LogP contribution in [0.3, 0.4) is 0 Å². The third-order valence-electron chi connectivity index (χ3n) is 2.46. The minimum Gasteiger partial charge on any atom is -0.456 e. The average Bonchev–Trinajstić information content (AvgIpc) is 2.37. The summed E-state index contributed by atoms with van der Waals surface area (Å²) in [6.07, 6.45) is -1.11. The van der Waals surface area contributed by atoms with Gasteiger partial charge < -0.3 is 9.64 Å². The number of ether oxygens (including phenoxy) is 1. The molecule has 0 aliphatic heterocycles. The monoisotopic (exact) mass is 333 g/mol. The Bertz CT molecular complexity index is 581. The summed E-state index contributed by atoms with van der Waals surface area (Å²) < 4.78 is 5.33. The molecule has 0 heterocycles. The van der Waals surface area contributed by atoms with E-state index in [2.05, 4.69) is 0 Å². The van der Waals surface area contributed by atoms with Crippen molar-refractivity contribution >= 4 is 34.7 Å². The molecule has 10 heteroatoms. The van der Waals surface area contributed by atoms with Gasteiger partial charge in [0.05, 0.1) is 4.92 Å². The number of nitrogens with zero attached hydrogens (tertiary/aromatic N) is 3. The molecule has 0 N–H and O–H groups in total. The SMILES string of the molecule is CN(C)C(=S)OC(C[N+](=O)[O-])c1cc([N+](=O)[O-])ccc1Cl. The van der Waals surface area contributed by atoms with Gasteiger partial charge >= 0.3 is 0 Å². The number of rotatable bonds is 5. The fourth-order valence-electron chi connectivity index (χ4n) is 1.45. The summed E-state index contributed by atoms with van der Waals surface area (Å²) in [6, 6.07) is 3.65. The van der Waals surface area contributed by atoms with E-state index in [0.717, 1.165) is 6.07 Å².